The Morgan fingerprint density at radius 3 is 2.19 bits per heavy atom. The molecule has 0 aromatic heterocycles. The third-order valence-electron chi connectivity index (χ3n) is 4.71. The minimum absolute atomic E-state index is 0.0657. The molecule has 1 aliphatic rings. The average molecular weight is 471 g/mol. The number of benzene rings is 3. The molecule has 0 saturated heterocycles. The van der Waals surface area contributed by atoms with Crippen molar-refractivity contribution in [2.45, 2.75) is 0 Å². The Morgan fingerprint density at radius 2 is 1.56 bits per heavy atom. The zero-order chi connectivity index (χ0) is 22.8. The SMILES string of the molecule is COc1cc(OC)cc(C(=O)Oc2ccc3c(c2)O/C(=C\c2c(Cl)cccc2Cl)C3=O)c1. The lowest BCUT2D eigenvalue weighted by molar-refractivity contribution is 0.0733. The highest BCUT2D eigenvalue weighted by molar-refractivity contribution is 6.37. The van der Waals surface area contributed by atoms with E-state index in [0.29, 0.717) is 32.7 Å². The standard InChI is InChI=1S/C24H16Cl2O6/c1-29-15-8-13(9-16(10-15)30-2)24(28)31-14-6-7-17-21(11-14)32-22(23(17)27)12-18-19(25)4-3-5-20(18)26/h3-12H,1-2H3/b22-12-. The number of rotatable bonds is 5. The second-order valence-corrected chi connectivity index (χ2v) is 7.54. The lowest BCUT2D eigenvalue weighted by atomic mass is 10.1. The third-order valence-corrected chi connectivity index (χ3v) is 5.37. The first kappa shape index (κ1) is 21.7. The molecule has 32 heavy (non-hydrogen) atoms. The van der Waals surface area contributed by atoms with Gasteiger partial charge in [-0.25, -0.2) is 4.79 Å². The smallest absolute Gasteiger partial charge is 0.343 e. The molecule has 162 valence electrons. The van der Waals surface area contributed by atoms with Crippen molar-refractivity contribution in [1.29, 1.82) is 0 Å². The van der Waals surface area contributed by atoms with Crippen LogP contribution in [0, 0.1) is 0 Å². The average Bonchev–Trinajstić information content (AvgIpc) is 3.10. The number of hydrogen-bond acceptors (Lipinski definition) is 6. The topological polar surface area (TPSA) is 71.1 Å². The van der Waals surface area contributed by atoms with Crippen LogP contribution in [0.2, 0.25) is 10.0 Å². The molecule has 0 atom stereocenters. The van der Waals surface area contributed by atoms with Crippen LogP contribution >= 0.6 is 23.2 Å². The van der Waals surface area contributed by atoms with Gasteiger partial charge in [0.1, 0.15) is 23.0 Å². The van der Waals surface area contributed by atoms with Gasteiger partial charge in [0.2, 0.25) is 5.78 Å². The number of ketones is 1. The van der Waals surface area contributed by atoms with Crippen molar-refractivity contribution < 1.29 is 28.5 Å². The molecule has 0 radical (unpaired) electrons. The van der Waals surface area contributed by atoms with Crippen molar-refractivity contribution in [3.63, 3.8) is 0 Å². The van der Waals surface area contributed by atoms with Gasteiger partial charge in [0, 0.05) is 27.7 Å². The molecule has 3 aromatic rings. The molecule has 0 fully saturated rings. The van der Waals surface area contributed by atoms with Crippen LogP contribution in [0.15, 0.2) is 60.4 Å². The van der Waals surface area contributed by atoms with Crippen molar-refractivity contribution in [2.75, 3.05) is 14.2 Å². The monoisotopic (exact) mass is 470 g/mol. The van der Waals surface area contributed by atoms with E-state index < -0.39 is 5.97 Å². The molecule has 4 rings (SSSR count). The number of fused-ring (bicyclic) bond motifs is 1. The Balaban J connectivity index is 1.58. The Kier molecular flexibility index (Phi) is 6.08. The second kappa shape index (κ2) is 8.94. The van der Waals surface area contributed by atoms with Crippen molar-refractivity contribution in [3.05, 3.63) is 87.1 Å². The summed E-state index contributed by atoms with van der Waals surface area (Å²) < 4.78 is 21.5. The second-order valence-electron chi connectivity index (χ2n) is 6.72. The van der Waals surface area contributed by atoms with Crippen molar-refractivity contribution in [2.24, 2.45) is 0 Å². The van der Waals surface area contributed by atoms with Crippen molar-refractivity contribution in [3.8, 4) is 23.0 Å². The summed E-state index contributed by atoms with van der Waals surface area (Å²) in [5.74, 6) is 0.491. The molecular formula is C24H16Cl2O6. The van der Waals surface area contributed by atoms with E-state index in [-0.39, 0.29) is 28.6 Å². The summed E-state index contributed by atoms with van der Waals surface area (Å²) in [5, 5.41) is 0.779. The number of esters is 1. The number of allylic oxidation sites excluding steroid dienone is 1. The number of hydrogen-bond donors (Lipinski definition) is 0. The van der Waals surface area contributed by atoms with E-state index in [1.54, 1.807) is 24.3 Å². The van der Waals surface area contributed by atoms with E-state index in [4.69, 9.17) is 42.1 Å². The first-order valence-electron chi connectivity index (χ1n) is 9.37. The molecule has 0 spiro atoms. The summed E-state index contributed by atoms with van der Waals surface area (Å²) in [6, 6.07) is 14.3. The fourth-order valence-corrected chi connectivity index (χ4v) is 3.61. The Bertz CT molecular complexity index is 1220. The van der Waals surface area contributed by atoms with Crippen LogP contribution in [-0.4, -0.2) is 26.0 Å². The zero-order valence-electron chi connectivity index (χ0n) is 17.0. The van der Waals surface area contributed by atoms with Gasteiger partial charge in [-0.1, -0.05) is 29.3 Å². The van der Waals surface area contributed by atoms with Crippen LogP contribution in [-0.2, 0) is 0 Å². The number of carbonyl (C=O) groups excluding carboxylic acids is 2. The number of ether oxygens (including phenoxy) is 4. The van der Waals surface area contributed by atoms with Gasteiger partial charge in [-0.2, -0.15) is 0 Å². The minimum Gasteiger partial charge on any atom is -0.497 e. The molecule has 0 unspecified atom stereocenters. The van der Waals surface area contributed by atoms with Crippen LogP contribution in [0.4, 0.5) is 0 Å². The fourth-order valence-electron chi connectivity index (χ4n) is 3.10. The van der Waals surface area contributed by atoms with Gasteiger partial charge in [-0.3, -0.25) is 4.79 Å². The summed E-state index contributed by atoms with van der Waals surface area (Å²) >= 11 is 12.4. The quantitative estimate of drug-likeness (QED) is 0.264. The number of Topliss-reactive ketones (excluding diaryl/α,β-unsaturated/α-hetero) is 1. The summed E-state index contributed by atoms with van der Waals surface area (Å²) in [6.07, 6.45) is 1.49. The Hall–Kier alpha value is -3.48. The maximum absolute atomic E-state index is 12.7. The van der Waals surface area contributed by atoms with Crippen LogP contribution in [0.25, 0.3) is 6.08 Å². The van der Waals surface area contributed by atoms with Crippen molar-refractivity contribution >= 4 is 41.0 Å². The predicted molar refractivity (Wildman–Crippen MR) is 120 cm³/mol. The highest BCUT2D eigenvalue weighted by Crippen LogP contribution is 2.37. The first-order chi connectivity index (χ1) is 15.4. The van der Waals surface area contributed by atoms with Gasteiger partial charge in [0.25, 0.3) is 0 Å². The first-order valence-corrected chi connectivity index (χ1v) is 10.1. The van der Waals surface area contributed by atoms with Gasteiger partial charge in [-0.05, 0) is 42.5 Å². The summed E-state index contributed by atoms with van der Waals surface area (Å²) in [7, 11) is 2.97. The van der Waals surface area contributed by atoms with E-state index in [2.05, 4.69) is 0 Å². The fraction of sp³-hybridized carbons (Fsp3) is 0.0833. The predicted octanol–water partition coefficient (Wildman–Crippen LogP) is 5.85. The maximum Gasteiger partial charge on any atom is 0.343 e. The molecule has 0 saturated carbocycles. The molecule has 0 aliphatic carbocycles. The minimum atomic E-state index is -0.620. The molecule has 0 N–H and O–H groups in total. The van der Waals surface area contributed by atoms with Crippen LogP contribution < -0.4 is 18.9 Å². The van der Waals surface area contributed by atoms with Crippen LogP contribution in [0.1, 0.15) is 26.3 Å². The number of methoxy groups -OCH3 is 2. The van der Waals surface area contributed by atoms with Crippen molar-refractivity contribution in [1.82, 2.24) is 0 Å². The molecular weight excluding hydrogens is 455 g/mol. The highest BCUT2D eigenvalue weighted by Gasteiger charge is 2.28. The van der Waals surface area contributed by atoms with E-state index in [1.807, 2.05) is 0 Å². The molecule has 1 heterocycles. The highest BCUT2D eigenvalue weighted by atomic mass is 35.5. The van der Waals surface area contributed by atoms with Gasteiger partial charge < -0.3 is 18.9 Å². The van der Waals surface area contributed by atoms with Gasteiger partial charge in [-0.15, -0.1) is 0 Å². The summed E-state index contributed by atoms with van der Waals surface area (Å²) in [4.78, 5) is 25.3. The Morgan fingerprint density at radius 1 is 0.906 bits per heavy atom. The molecule has 3 aromatic carbocycles. The third kappa shape index (κ3) is 4.28. The van der Waals surface area contributed by atoms with Crippen LogP contribution in [0.5, 0.6) is 23.0 Å². The lowest BCUT2D eigenvalue weighted by Gasteiger charge is -2.09. The Labute approximate surface area is 193 Å². The van der Waals surface area contributed by atoms with E-state index in [0.717, 1.165) is 0 Å². The molecule has 0 amide bonds. The summed E-state index contributed by atoms with van der Waals surface area (Å²) in [6.45, 7) is 0. The largest absolute Gasteiger partial charge is 0.497 e. The van der Waals surface area contributed by atoms with E-state index in [9.17, 15) is 9.59 Å². The van der Waals surface area contributed by atoms with Crippen LogP contribution in [0.3, 0.4) is 0 Å². The van der Waals surface area contributed by atoms with Gasteiger partial charge >= 0.3 is 5.97 Å². The molecule has 0 bridgehead atoms. The lowest BCUT2D eigenvalue weighted by Crippen LogP contribution is -2.09. The van der Waals surface area contributed by atoms with E-state index in [1.165, 1.54) is 50.6 Å². The van der Waals surface area contributed by atoms with Gasteiger partial charge in [0.15, 0.2) is 5.76 Å². The van der Waals surface area contributed by atoms with Gasteiger partial charge in [0.05, 0.1) is 25.3 Å². The zero-order valence-corrected chi connectivity index (χ0v) is 18.5. The van der Waals surface area contributed by atoms with E-state index >= 15 is 0 Å². The molecule has 8 heteroatoms. The molecule has 1 aliphatic heterocycles. The maximum atomic E-state index is 12.7. The number of carbonyl (C=O) groups is 2. The molecule has 6 nitrogen and oxygen atoms in total. The normalized spacial score (nSPS) is 13.5. The number of halogens is 2. The summed E-state index contributed by atoms with van der Waals surface area (Å²) in [5.41, 5.74) is 1.06.